The lowest BCUT2D eigenvalue weighted by atomic mass is 9.98. The molecule has 0 aromatic rings. The van der Waals surface area contributed by atoms with Crippen LogP contribution in [0.25, 0.3) is 0 Å². The van der Waals surface area contributed by atoms with Gasteiger partial charge in [-0.2, -0.15) is 0 Å². The van der Waals surface area contributed by atoms with Crippen molar-refractivity contribution in [1.82, 2.24) is 15.1 Å². The Bertz CT molecular complexity index is 205. The first-order valence-electron chi connectivity index (χ1n) is 5.69. The highest BCUT2D eigenvalue weighted by Crippen LogP contribution is 2.12. The summed E-state index contributed by atoms with van der Waals surface area (Å²) in [6, 6.07) is 0. The molecule has 1 saturated heterocycles. The predicted octanol–water partition coefficient (Wildman–Crippen LogP) is 0.428. The minimum atomic E-state index is 0. The monoisotopic (exact) mass is 249 g/mol. The van der Waals surface area contributed by atoms with E-state index in [0.717, 1.165) is 25.6 Å². The quantitative estimate of drug-likeness (QED) is 0.785. The number of hydrogen-bond donors (Lipinski definition) is 1. The van der Waals surface area contributed by atoms with Gasteiger partial charge >= 0.3 is 0 Å². The van der Waals surface area contributed by atoms with Gasteiger partial charge < -0.3 is 10.2 Å². The second-order valence-corrected chi connectivity index (χ2v) is 4.68. The van der Waals surface area contributed by atoms with Gasteiger partial charge in [-0.3, -0.25) is 9.69 Å². The Labute approximate surface area is 105 Å². The molecule has 0 aliphatic carbocycles. The van der Waals surface area contributed by atoms with Crippen molar-refractivity contribution in [2.24, 2.45) is 5.92 Å². The molecule has 0 saturated carbocycles. The number of nitrogens with one attached hydrogen (secondary N) is 1. The number of hydrogen-bond acceptors (Lipinski definition) is 3. The van der Waals surface area contributed by atoms with Crippen molar-refractivity contribution >= 4 is 18.3 Å². The van der Waals surface area contributed by atoms with Crippen molar-refractivity contribution < 1.29 is 4.79 Å². The number of likely N-dealkylation sites (N-methyl/N-ethyl adjacent to an activating group) is 2. The van der Waals surface area contributed by atoms with E-state index in [1.807, 2.05) is 7.05 Å². The number of carbonyl (C=O) groups excluding carboxylic acids is 1. The SMILES string of the molecule is CN(CC(=O)N(C)C)CC1CCNCC1.Cl. The summed E-state index contributed by atoms with van der Waals surface area (Å²) in [6.45, 7) is 3.83. The van der Waals surface area contributed by atoms with Crippen LogP contribution in [0.4, 0.5) is 0 Å². The average Bonchev–Trinajstić information content (AvgIpc) is 2.18. The number of nitrogens with zero attached hydrogens (tertiary/aromatic N) is 2. The summed E-state index contributed by atoms with van der Waals surface area (Å²) < 4.78 is 0. The first kappa shape index (κ1) is 15.7. The molecular weight excluding hydrogens is 226 g/mol. The Kier molecular flexibility index (Phi) is 7.72. The van der Waals surface area contributed by atoms with Crippen LogP contribution in [0.1, 0.15) is 12.8 Å². The summed E-state index contributed by atoms with van der Waals surface area (Å²) in [5.41, 5.74) is 0. The van der Waals surface area contributed by atoms with Crippen LogP contribution >= 0.6 is 12.4 Å². The van der Waals surface area contributed by atoms with Gasteiger partial charge in [0.15, 0.2) is 0 Å². The summed E-state index contributed by atoms with van der Waals surface area (Å²) in [7, 11) is 5.64. The third kappa shape index (κ3) is 5.68. The van der Waals surface area contributed by atoms with E-state index in [-0.39, 0.29) is 18.3 Å². The summed E-state index contributed by atoms with van der Waals surface area (Å²) >= 11 is 0. The van der Waals surface area contributed by atoms with Gasteiger partial charge in [0.05, 0.1) is 6.54 Å². The molecule has 1 amide bonds. The van der Waals surface area contributed by atoms with Crippen molar-refractivity contribution in [3.05, 3.63) is 0 Å². The second-order valence-electron chi connectivity index (χ2n) is 4.68. The summed E-state index contributed by atoms with van der Waals surface area (Å²) in [5.74, 6) is 0.942. The predicted molar refractivity (Wildman–Crippen MR) is 69.0 cm³/mol. The van der Waals surface area contributed by atoms with Gasteiger partial charge in [-0.05, 0) is 38.9 Å². The Balaban J connectivity index is 0.00000225. The molecular formula is C11H24ClN3O. The molecule has 1 fully saturated rings. The van der Waals surface area contributed by atoms with Crippen LogP contribution in [0, 0.1) is 5.92 Å². The van der Waals surface area contributed by atoms with Gasteiger partial charge in [-0.1, -0.05) is 0 Å². The van der Waals surface area contributed by atoms with Crippen molar-refractivity contribution in [2.75, 3.05) is 47.3 Å². The molecule has 16 heavy (non-hydrogen) atoms. The zero-order valence-corrected chi connectivity index (χ0v) is 11.3. The highest BCUT2D eigenvalue weighted by Gasteiger charge is 2.16. The van der Waals surface area contributed by atoms with Gasteiger partial charge in [-0.15, -0.1) is 12.4 Å². The van der Waals surface area contributed by atoms with Gasteiger partial charge in [-0.25, -0.2) is 0 Å². The normalized spacial score (nSPS) is 17.0. The molecule has 0 spiro atoms. The molecule has 0 aromatic carbocycles. The molecule has 0 bridgehead atoms. The lowest BCUT2D eigenvalue weighted by molar-refractivity contribution is -0.129. The van der Waals surface area contributed by atoms with Gasteiger partial charge in [0, 0.05) is 20.6 Å². The molecule has 96 valence electrons. The largest absolute Gasteiger partial charge is 0.348 e. The third-order valence-corrected chi connectivity index (χ3v) is 2.93. The van der Waals surface area contributed by atoms with E-state index in [1.165, 1.54) is 12.8 Å². The highest BCUT2D eigenvalue weighted by molar-refractivity contribution is 5.85. The lowest BCUT2D eigenvalue weighted by Gasteiger charge is -2.27. The van der Waals surface area contributed by atoms with E-state index >= 15 is 0 Å². The molecule has 1 rings (SSSR count). The fourth-order valence-corrected chi connectivity index (χ4v) is 1.94. The van der Waals surface area contributed by atoms with Crippen LogP contribution in [0.15, 0.2) is 0 Å². The van der Waals surface area contributed by atoms with Crippen molar-refractivity contribution in [2.45, 2.75) is 12.8 Å². The fraction of sp³-hybridized carbons (Fsp3) is 0.909. The van der Waals surface area contributed by atoms with E-state index in [9.17, 15) is 4.79 Å². The maximum atomic E-state index is 11.5. The first-order chi connectivity index (χ1) is 7.09. The molecule has 0 radical (unpaired) electrons. The minimum Gasteiger partial charge on any atom is -0.348 e. The molecule has 1 aliphatic heterocycles. The van der Waals surface area contributed by atoms with Gasteiger partial charge in [0.1, 0.15) is 0 Å². The second kappa shape index (κ2) is 7.87. The molecule has 1 aliphatic rings. The summed E-state index contributed by atoms with van der Waals surface area (Å²) in [4.78, 5) is 15.3. The van der Waals surface area contributed by atoms with E-state index in [4.69, 9.17) is 0 Å². The average molecular weight is 250 g/mol. The van der Waals surface area contributed by atoms with Gasteiger partial charge in [0.25, 0.3) is 0 Å². The lowest BCUT2D eigenvalue weighted by Crippen LogP contribution is -2.39. The number of piperidine rings is 1. The van der Waals surface area contributed by atoms with Crippen LogP contribution < -0.4 is 5.32 Å². The third-order valence-electron chi connectivity index (χ3n) is 2.93. The number of amides is 1. The topological polar surface area (TPSA) is 35.6 Å². The van der Waals surface area contributed by atoms with Crippen LogP contribution in [0.3, 0.4) is 0 Å². The van der Waals surface area contributed by atoms with E-state index in [1.54, 1.807) is 19.0 Å². The van der Waals surface area contributed by atoms with Crippen LogP contribution in [0.2, 0.25) is 0 Å². The molecule has 5 heteroatoms. The van der Waals surface area contributed by atoms with Gasteiger partial charge in [0.2, 0.25) is 5.91 Å². The van der Waals surface area contributed by atoms with E-state index in [2.05, 4.69) is 10.2 Å². The Hall–Kier alpha value is -0.320. The maximum absolute atomic E-state index is 11.5. The van der Waals surface area contributed by atoms with Crippen molar-refractivity contribution in [3.63, 3.8) is 0 Å². The zero-order valence-electron chi connectivity index (χ0n) is 10.5. The van der Waals surface area contributed by atoms with E-state index in [0.29, 0.717) is 6.54 Å². The zero-order chi connectivity index (χ0) is 11.3. The number of rotatable bonds is 4. The summed E-state index contributed by atoms with van der Waals surface area (Å²) in [5, 5.41) is 3.35. The standard InChI is InChI=1S/C11H23N3O.ClH/c1-13(2)11(15)9-14(3)8-10-4-6-12-7-5-10;/h10,12H,4-9H2,1-3H3;1H. The molecule has 0 unspecified atom stereocenters. The fourth-order valence-electron chi connectivity index (χ4n) is 1.94. The summed E-state index contributed by atoms with van der Waals surface area (Å²) in [6.07, 6.45) is 2.47. The number of carbonyl (C=O) groups is 1. The number of halogens is 1. The molecule has 1 N–H and O–H groups in total. The first-order valence-corrected chi connectivity index (χ1v) is 5.69. The Morgan fingerprint density at radius 1 is 1.25 bits per heavy atom. The highest BCUT2D eigenvalue weighted by atomic mass is 35.5. The van der Waals surface area contributed by atoms with Crippen molar-refractivity contribution in [1.29, 1.82) is 0 Å². The van der Waals surface area contributed by atoms with E-state index < -0.39 is 0 Å². The minimum absolute atomic E-state index is 0. The Morgan fingerprint density at radius 2 is 1.81 bits per heavy atom. The maximum Gasteiger partial charge on any atom is 0.236 e. The van der Waals surface area contributed by atoms with Crippen LogP contribution in [-0.2, 0) is 4.79 Å². The molecule has 0 atom stereocenters. The molecule has 4 nitrogen and oxygen atoms in total. The van der Waals surface area contributed by atoms with Crippen LogP contribution in [0.5, 0.6) is 0 Å². The van der Waals surface area contributed by atoms with Crippen LogP contribution in [-0.4, -0.2) is 63.0 Å². The Morgan fingerprint density at radius 3 is 2.31 bits per heavy atom. The smallest absolute Gasteiger partial charge is 0.236 e. The van der Waals surface area contributed by atoms with Crippen molar-refractivity contribution in [3.8, 4) is 0 Å². The molecule has 0 aromatic heterocycles. The molecule has 1 heterocycles.